The molecular weight excluding hydrogens is 314 g/mol. The number of carbonyl (C=O) groups is 2. The highest BCUT2D eigenvalue weighted by Crippen LogP contribution is 2.25. The molecule has 1 rings (SSSR count). The molecule has 6 heteroatoms. The number of anilines is 1. The van der Waals surface area contributed by atoms with Crippen LogP contribution in [0, 0.1) is 6.92 Å². The van der Waals surface area contributed by atoms with Gasteiger partial charge in [0.15, 0.2) is 0 Å². The Bertz CT molecular complexity index is 488. The number of halogens is 1. The minimum Gasteiger partial charge on any atom is -0.465 e. The van der Waals surface area contributed by atoms with Crippen molar-refractivity contribution in [2.75, 3.05) is 25.6 Å². The number of benzene rings is 1. The lowest BCUT2D eigenvalue weighted by molar-refractivity contribution is -0.120. The van der Waals surface area contributed by atoms with E-state index in [-0.39, 0.29) is 12.5 Å². The second-order valence-electron chi connectivity index (χ2n) is 3.82. The Labute approximate surface area is 120 Å². The van der Waals surface area contributed by atoms with E-state index in [0.717, 1.165) is 5.56 Å². The highest BCUT2D eigenvalue weighted by molar-refractivity contribution is 9.10. The van der Waals surface area contributed by atoms with E-state index in [2.05, 4.69) is 26.0 Å². The van der Waals surface area contributed by atoms with Gasteiger partial charge in [-0.25, -0.2) is 4.79 Å². The first kappa shape index (κ1) is 15.7. The predicted octanol–water partition coefficient (Wildman–Crippen LogP) is 2.52. The van der Waals surface area contributed by atoms with Crippen LogP contribution in [0.1, 0.15) is 22.8 Å². The van der Waals surface area contributed by atoms with Crippen LogP contribution >= 0.6 is 15.9 Å². The van der Waals surface area contributed by atoms with Gasteiger partial charge in [0.1, 0.15) is 6.61 Å². The number of carbonyl (C=O) groups excluding carboxylic acids is 2. The summed E-state index contributed by atoms with van der Waals surface area (Å²) in [7, 11) is 1.31. The molecule has 0 aliphatic carbocycles. The van der Waals surface area contributed by atoms with Crippen LogP contribution < -0.4 is 5.32 Å². The maximum atomic E-state index is 11.6. The molecule has 1 amide bonds. The largest absolute Gasteiger partial charge is 0.465 e. The van der Waals surface area contributed by atoms with Gasteiger partial charge in [0.25, 0.3) is 0 Å². The third-order valence-electron chi connectivity index (χ3n) is 2.43. The third kappa shape index (κ3) is 4.33. The molecule has 0 spiro atoms. The van der Waals surface area contributed by atoms with E-state index in [1.165, 1.54) is 7.11 Å². The van der Waals surface area contributed by atoms with E-state index < -0.39 is 5.97 Å². The lowest BCUT2D eigenvalue weighted by atomic mass is 10.1. The topological polar surface area (TPSA) is 64.6 Å². The molecule has 0 bridgehead atoms. The van der Waals surface area contributed by atoms with Gasteiger partial charge in [-0.2, -0.15) is 0 Å². The fourth-order valence-electron chi connectivity index (χ4n) is 1.45. The van der Waals surface area contributed by atoms with Crippen molar-refractivity contribution in [3.8, 4) is 0 Å². The summed E-state index contributed by atoms with van der Waals surface area (Å²) in [5.74, 6) is -0.727. The summed E-state index contributed by atoms with van der Waals surface area (Å²) >= 11 is 3.29. The summed E-state index contributed by atoms with van der Waals surface area (Å²) < 4.78 is 10.3. The number of esters is 1. The van der Waals surface area contributed by atoms with Crippen molar-refractivity contribution < 1.29 is 19.1 Å². The van der Waals surface area contributed by atoms with Crippen LogP contribution in [0.3, 0.4) is 0 Å². The first-order valence-electron chi connectivity index (χ1n) is 5.75. The third-order valence-corrected chi connectivity index (χ3v) is 3.09. The predicted molar refractivity (Wildman–Crippen MR) is 75.3 cm³/mol. The quantitative estimate of drug-likeness (QED) is 0.843. The minimum atomic E-state index is -0.466. The first-order chi connectivity index (χ1) is 8.99. The highest BCUT2D eigenvalue weighted by atomic mass is 79.9. The van der Waals surface area contributed by atoms with Crippen LogP contribution in [0.4, 0.5) is 5.69 Å². The lowest BCUT2D eigenvalue weighted by Crippen LogP contribution is -2.19. The van der Waals surface area contributed by atoms with Crippen LogP contribution in [0.2, 0.25) is 0 Å². The number of amides is 1. The Hall–Kier alpha value is -1.40. The highest BCUT2D eigenvalue weighted by Gasteiger charge is 2.14. The molecule has 0 heterocycles. The summed E-state index contributed by atoms with van der Waals surface area (Å²) in [6.07, 6.45) is 0. The zero-order chi connectivity index (χ0) is 14.4. The Morgan fingerprint density at radius 1 is 1.37 bits per heavy atom. The molecule has 5 nitrogen and oxygen atoms in total. The molecule has 0 unspecified atom stereocenters. The summed E-state index contributed by atoms with van der Waals surface area (Å²) in [6, 6.07) is 3.33. The van der Waals surface area contributed by atoms with Crippen molar-refractivity contribution in [2.45, 2.75) is 13.8 Å². The second kappa shape index (κ2) is 7.25. The number of methoxy groups -OCH3 is 1. The van der Waals surface area contributed by atoms with Gasteiger partial charge in [0.2, 0.25) is 5.91 Å². The molecule has 0 saturated carbocycles. The molecular formula is C13H16BrNO4. The molecule has 0 aromatic heterocycles. The Balaban J connectivity index is 2.95. The van der Waals surface area contributed by atoms with Crippen molar-refractivity contribution in [3.05, 3.63) is 27.7 Å². The van der Waals surface area contributed by atoms with Crippen LogP contribution in [0.15, 0.2) is 16.6 Å². The average molecular weight is 330 g/mol. The SMILES string of the molecule is CCOCC(=O)Nc1cc(C(=O)OC)c(Br)cc1C. The molecule has 0 saturated heterocycles. The number of rotatable bonds is 5. The Morgan fingerprint density at radius 3 is 2.63 bits per heavy atom. The van der Waals surface area contributed by atoms with Gasteiger partial charge in [-0.05, 0) is 47.5 Å². The van der Waals surface area contributed by atoms with Crippen molar-refractivity contribution in [3.63, 3.8) is 0 Å². The first-order valence-corrected chi connectivity index (χ1v) is 6.55. The molecule has 0 aliphatic rings. The molecule has 1 aromatic rings. The van der Waals surface area contributed by atoms with Crippen LogP contribution in [0.5, 0.6) is 0 Å². The molecule has 0 radical (unpaired) electrons. The van der Waals surface area contributed by atoms with E-state index in [1.807, 2.05) is 13.8 Å². The summed E-state index contributed by atoms with van der Waals surface area (Å²) in [6.45, 7) is 4.11. The molecule has 19 heavy (non-hydrogen) atoms. The molecule has 1 N–H and O–H groups in total. The normalized spacial score (nSPS) is 10.1. The maximum Gasteiger partial charge on any atom is 0.339 e. The molecule has 1 aromatic carbocycles. The van der Waals surface area contributed by atoms with E-state index in [0.29, 0.717) is 22.3 Å². The summed E-state index contributed by atoms with van der Waals surface area (Å²) in [5, 5.41) is 2.70. The van der Waals surface area contributed by atoms with E-state index >= 15 is 0 Å². The average Bonchev–Trinajstić information content (AvgIpc) is 2.38. The van der Waals surface area contributed by atoms with Crippen molar-refractivity contribution in [1.29, 1.82) is 0 Å². The monoisotopic (exact) mass is 329 g/mol. The fourth-order valence-corrected chi connectivity index (χ4v) is 2.07. The molecule has 0 aliphatic heterocycles. The van der Waals surface area contributed by atoms with Gasteiger partial charge < -0.3 is 14.8 Å². The number of hydrogen-bond acceptors (Lipinski definition) is 4. The van der Waals surface area contributed by atoms with E-state index in [1.54, 1.807) is 12.1 Å². The van der Waals surface area contributed by atoms with Gasteiger partial charge in [-0.1, -0.05) is 0 Å². The van der Waals surface area contributed by atoms with Gasteiger partial charge in [-0.3, -0.25) is 4.79 Å². The lowest BCUT2D eigenvalue weighted by Gasteiger charge is -2.11. The van der Waals surface area contributed by atoms with E-state index in [9.17, 15) is 9.59 Å². The van der Waals surface area contributed by atoms with Gasteiger partial charge >= 0.3 is 5.97 Å². The smallest absolute Gasteiger partial charge is 0.339 e. The van der Waals surface area contributed by atoms with Gasteiger partial charge in [0.05, 0.1) is 12.7 Å². The standard InChI is InChI=1S/C13H16BrNO4/c1-4-19-7-12(16)15-11-6-9(13(17)18-3)10(14)5-8(11)2/h5-6H,4,7H2,1-3H3,(H,15,16). The van der Waals surface area contributed by atoms with Crippen LogP contribution in [-0.4, -0.2) is 32.2 Å². The number of ether oxygens (including phenoxy) is 2. The van der Waals surface area contributed by atoms with Crippen LogP contribution in [-0.2, 0) is 14.3 Å². The zero-order valence-corrected chi connectivity index (χ0v) is 12.7. The number of aryl methyl sites for hydroxylation is 1. The summed E-state index contributed by atoms with van der Waals surface area (Å²) in [5.41, 5.74) is 1.76. The van der Waals surface area contributed by atoms with Crippen molar-refractivity contribution >= 4 is 33.5 Å². The van der Waals surface area contributed by atoms with Crippen LogP contribution in [0.25, 0.3) is 0 Å². The van der Waals surface area contributed by atoms with E-state index in [4.69, 9.17) is 4.74 Å². The van der Waals surface area contributed by atoms with Crippen molar-refractivity contribution in [1.82, 2.24) is 0 Å². The zero-order valence-electron chi connectivity index (χ0n) is 11.1. The maximum absolute atomic E-state index is 11.6. The molecule has 0 atom stereocenters. The number of hydrogen-bond donors (Lipinski definition) is 1. The fraction of sp³-hybridized carbons (Fsp3) is 0.385. The minimum absolute atomic E-state index is 0.0143. The Morgan fingerprint density at radius 2 is 2.05 bits per heavy atom. The van der Waals surface area contributed by atoms with Crippen molar-refractivity contribution in [2.24, 2.45) is 0 Å². The summed E-state index contributed by atoms with van der Waals surface area (Å²) in [4.78, 5) is 23.2. The number of nitrogens with one attached hydrogen (secondary N) is 1. The van der Waals surface area contributed by atoms with Gasteiger partial charge in [0, 0.05) is 16.8 Å². The Kier molecular flexibility index (Phi) is 5.98. The second-order valence-corrected chi connectivity index (χ2v) is 4.68. The molecule has 0 fully saturated rings. The van der Waals surface area contributed by atoms with Gasteiger partial charge in [-0.15, -0.1) is 0 Å². The molecule has 104 valence electrons.